The Morgan fingerprint density at radius 3 is 2.31 bits per heavy atom. The fourth-order valence-electron chi connectivity index (χ4n) is 4.93. The predicted octanol–water partition coefficient (Wildman–Crippen LogP) is 4.71. The van der Waals surface area contributed by atoms with Crippen LogP contribution in [0.1, 0.15) is 57.1 Å². The molecule has 2 fully saturated rings. The lowest BCUT2D eigenvalue weighted by atomic mass is 9.88. The van der Waals surface area contributed by atoms with Crippen LogP contribution < -0.4 is 16.4 Å². The van der Waals surface area contributed by atoms with Gasteiger partial charge in [0, 0.05) is 35.1 Å². The van der Waals surface area contributed by atoms with Crippen LogP contribution in [0, 0.1) is 30.6 Å². The van der Waals surface area contributed by atoms with Crippen molar-refractivity contribution < 1.29 is 22.8 Å². The molecule has 0 radical (unpaired) electrons. The Morgan fingerprint density at radius 2 is 1.77 bits per heavy atom. The minimum absolute atomic E-state index is 0.0118. The fourth-order valence-corrected chi connectivity index (χ4v) is 4.93. The number of aliphatic imine (C=N–C) groups is 1. The van der Waals surface area contributed by atoms with Gasteiger partial charge in [-0.3, -0.25) is 19.6 Å². The smallest absolute Gasteiger partial charge is 0.270 e. The second-order valence-corrected chi connectivity index (χ2v) is 10.4. The third kappa shape index (κ3) is 6.82. The summed E-state index contributed by atoms with van der Waals surface area (Å²) in [6.07, 6.45) is 6.11. The van der Waals surface area contributed by atoms with Crippen molar-refractivity contribution in [3.05, 3.63) is 53.9 Å². The molecular formula is C28H33F3N6O2. The molecule has 4 rings (SSSR count). The van der Waals surface area contributed by atoms with Crippen LogP contribution in [0.25, 0.3) is 11.1 Å². The van der Waals surface area contributed by atoms with Gasteiger partial charge in [-0.1, -0.05) is 0 Å². The van der Waals surface area contributed by atoms with Crippen LogP contribution >= 0.6 is 0 Å². The highest BCUT2D eigenvalue weighted by Crippen LogP contribution is 2.51. The third-order valence-electron chi connectivity index (χ3n) is 7.05. The van der Waals surface area contributed by atoms with Crippen molar-refractivity contribution >= 4 is 23.3 Å². The summed E-state index contributed by atoms with van der Waals surface area (Å²) in [5, 5.41) is 5.50. The molecule has 2 aromatic rings. The van der Waals surface area contributed by atoms with E-state index in [0.717, 1.165) is 31.9 Å². The summed E-state index contributed by atoms with van der Waals surface area (Å²) in [4.78, 5) is 38.6. The molecule has 39 heavy (non-hydrogen) atoms. The molecule has 11 heteroatoms. The first kappa shape index (κ1) is 28.3. The Balaban J connectivity index is 1.59. The molecule has 0 spiro atoms. The average Bonchev–Trinajstić information content (AvgIpc) is 3.79. The van der Waals surface area contributed by atoms with E-state index in [0.29, 0.717) is 11.8 Å². The molecule has 0 bridgehead atoms. The molecule has 2 aliphatic rings. The lowest BCUT2D eigenvalue weighted by molar-refractivity contribution is -0.124. The number of nitrogens with two attached hydrogens (primary N) is 1. The van der Waals surface area contributed by atoms with E-state index in [1.54, 1.807) is 0 Å². The maximum Gasteiger partial charge on any atom is 0.270 e. The summed E-state index contributed by atoms with van der Waals surface area (Å²) in [6, 6.07) is 1.72. The maximum atomic E-state index is 15.1. The Bertz CT molecular complexity index is 1280. The van der Waals surface area contributed by atoms with Crippen LogP contribution in [-0.4, -0.2) is 39.6 Å². The average molecular weight is 543 g/mol. The monoisotopic (exact) mass is 542 g/mol. The number of hydrogen-bond acceptors (Lipinski definition) is 6. The van der Waals surface area contributed by atoms with Gasteiger partial charge in [0.05, 0.1) is 0 Å². The van der Waals surface area contributed by atoms with Crippen molar-refractivity contribution in [2.75, 3.05) is 5.32 Å². The van der Waals surface area contributed by atoms with Gasteiger partial charge < -0.3 is 16.4 Å². The highest BCUT2D eigenvalue weighted by molar-refractivity contribution is 6.43. The second kappa shape index (κ2) is 12.0. The van der Waals surface area contributed by atoms with Crippen molar-refractivity contribution in [1.82, 2.24) is 15.3 Å². The first-order valence-corrected chi connectivity index (χ1v) is 13.1. The van der Waals surface area contributed by atoms with E-state index in [4.69, 9.17) is 5.73 Å². The summed E-state index contributed by atoms with van der Waals surface area (Å²) in [5.74, 6) is -1.46. The Labute approximate surface area is 225 Å². The van der Waals surface area contributed by atoms with E-state index in [9.17, 15) is 18.4 Å². The number of anilines is 1. The summed E-state index contributed by atoms with van der Waals surface area (Å²) in [6.45, 7) is 5.11. The number of pyridine rings is 2. The number of rotatable bonds is 11. The zero-order valence-electron chi connectivity index (χ0n) is 22.1. The minimum Gasteiger partial charge on any atom is -0.405 e. The van der Waals surface area contributed by atoms with Crippen molar-refractivity contribution in [1.29, 1.82) is 0 Å². The topological polar surface area (TPSA) is 122 Å². The molecule has 1 unspecified atom stereocenters. The molecule has 0 aromatic carbocycles. The first-order valence-electron chi connectivity index (χ1n) is 13.1. The van der Waals surface area contributed by atoms with Crippen molar-refractivity contribution in [2.45, 2.75) is 65.0 Å². The highest BCUT2D eigenvalue weighted by Gasteiger charge is 2.48. The van der Waals surface area contributed by atoms with Crippen LogP contribution in [0.4, 0.5) is 19.0 Å². The minimum atomic E-state index is -2.75. The molecule has 0 saturated heterocycles. The van der Waals surface area contributed by atoms with Crippen LogP contribution in [-0.2, 0) is 9.59 Å². The molecule has 2 heterocycles. The highest BCUT2D eigenvalue weighted by atomic mass is 19.3. The van der Waals surface area contributed by atoms with E-state index in [1.807, 2.05) is 13.8 Å². The van der Waals surface area contributed by atoms with Crippen molar-refractivity contribution in [3.63, 3.8) is 0 Å². The number of hydrogen-bond donors (Lipinski definition) is 3. The summed E-state index contributed by atoms with van der Waals surface area (Å²) in [7, 11) is 0. The van der Waals surface area contributed by atoms with Gasteiger partial charge in [-0.15, -0.1) is 0 Å². The Morgan fingerprint density at radius 1 is 1.10 bits per heavy atom. The summed E-state index contributed by atoms with van der Waals surface area (Å²) >= 11 is 0. The second-order valence-electron chi connectivity index (χ2n) is 10.4. The van der Waals surface area contributed by atoms with E-state index in [1.165, 1.54) is 37.5 Å². The van der Waals surface area contributed by atoms with Crippen LogP contribution in [0.5, 0.6) is 0 Å². The van der Waals surface area contributed by atoms with Crippen LogP contribution in [0.2, 0.25) is 0 Å². The number of amides is 2. The van der Waals surface area contributed by atoms with Gasteiger partial charge in [0.2, 0.25) is 11.9 Å². The van der Waals surface area contributed by atoms with Gasteiger partial charge >= 0.3 is 0 Å². The number of nitrogens with one attached hydrogen (secondary N) is 2. The fraction of sp³-hybridized carbons (Fsp3) is 0.464. The van der Waals surface area contributed by atoms with Gasteiger partial charge in [-0.05, 0) is 94.2 Å². The zero-order valence-corrected chi connectivity index (χ0v) is 22.1. The zero-order chi connectivity index (χ0) is 28.3. The maximum absolute atomic E-state index is 15.1. The number of carbonyl (C=O) groups is 2. The first-order chi connectivity index (χ1) is 18.6. The van der Waals surface area contributed by atoms with E-state index < -0.39 is 30.2 Å². The summed E-state index contributed by atoms with van der Waals surface area (Å²) in [5.41, 5.74) is 5.70. The predicted molar refractivity (Wildman–Crippen MR) is 143 cm³/mol. The number of halogens is 3. The number of nitrogens with zero attached hydrogens (tertiary/aromatic N) is 3. The van der Waals surface area contributed by atoms with E-state index >= 15 is 4.39 Å². The van der Waals surface area contributed by atoms with Gasteiger partial charge in [0.1, 0.15) is 17.6 Å². The molecule has 2 saturated carbocycles. The number of alkyl halides is 2. The van der Waals surface area contributed by atoms with Gasteiger partial charge in [-0.2, -0.15) is 4.39 Å². The SMILES string of the molecule is Cc1c(-c2ccc(NC(=O)C(NC(=O)C(C=CN)=NC(C)C)C(C3CC3)C3CC3)nc2F)cncc1C(F)F. The van der Waals surface area contributed by atoms with Gasteiger partial charge in [-0.25, -0.2) is 13.8 Å². The van der Waals surface area contributed by atoms with Crippen molar-refractivity contribution in [2.24, 2.45) is 28.5 Å². The molecule has 2 aliphatic carbocycles. The molecule has 0 aliphatic heterocycles. The van der Waals surface area contributed by atoms with Gasteiger partial charge in [0.15, 0.2) is 0 Å². The normalized spacial score (nSPS) is 16.8. The Hall–Kier alpha value is -3.76. The quantitative estimate of drug-likeness (QED) is 0.280. The third-order valence-corrected chi connectivity index (χ3v) is 7.05. The molecule has 8 nitrogen and oxygen atoms in total. The van der Waals surface area contributed by atoms with Crippen molar-refractivity contribution in [3.8, 4) is 11.1 Å². The Kier molecular flexibility index (Phi) is 8.66. The molecule has 2 aromatic heterocycles. The molecular weight excluding hydrogens is 509 g/mol. The lowest BCUT2D eigenvalue weighted by Crippen LogP contribution is -2.51. The largest absolute Gasteiger partial charge is 0.405 e. The molecule has 2 amide bonds. The molecule has 4 N–H and O–H groups in total. The molecule has 1 atom stereocenters. The number of aromatic nitrogens is 2. The standard InChI is InChI=1S/C28H33F3N6O2/c1-14(2)34-21(10-11-32)27(38)37-24(23(16-4-5-16)17-6-7-17)28(39)36-22-9-8-18(26(31)35-22)19-12-33-13-20(15(19)3)25(29)30/h8-14,16-17,23-25H,4-7,32H2,1-3H3,(H,37,38)(H,35,36,39). The summed E-state index contributed by atoms with van der Waals surface area (Å²) < 4.78 is 41.7. The van der Waals surface area contributed by atoms with E-state index in [2.05, 4.69) is 25.6 Å². The van der Waals surface area contributed by atoms with Crippen LogP contribution in [0.15, 0.2) is 41.8 Å². The lowest BCUT2D eigenvalue weighted by Gasteiger charge is -2.27. The van der Waals surface area contributed by atoms with Gasteiger partial charge in [0.25, 0.3) is 12.3 Å². The van der Waals surface area contributed by atoms with Crippen LogP contribution in [0.3, 0.4) is 0 Å². The number of carbonyl (C=O) groups excluding carboxylic acids is 2. The van der Waals surface area contributed by atoms with E-state index in [-0.39, 0.29) is 45.7 Å². The molecule has 208 valence electrons.